The van der Waals surface area contributed by atoms with Crippen molar-refractivity contribution in [3.8, 4) is 0 Å². The third-order valence-electron chi connectivity index (χ3n) is 3.75. The van der Waals surface area contributed by atoms with Crippen molar-refractivity contribution in [3.63, 3.8) is 0 Å². The predicted molar refractivity (Wildman–Crippen MR) is 96.2 cm³/mol. The Morgan fingerprint density at radius 1 is 1.00 bits per heavy atom. The molecular weight excluding hydrogens is 332 g/mol. The molecule has 6 heteroatoms. The van der Waals surface area contributed by atoms with Crippen LogP contribution in [0.5, 0.6) is 0 Å². The zero-order valence-corrected chi connectivity index (χ0v) is 16.3. The Morgan fingerprint density at radius 3 is 1.79 bits per heavy atom. The Kier molecular flexibility index (Phi) is 10.3. The van der Waals surface area contributed by atoms with E-state index in [9.17, 15) is 17.2 Å². The van der Waals surface area contributed by atoms with E-state index in [-0.39, 0.29) is 10.8 Å². The van der Waals surface area contributed by atoms with Gasteiger partial charge in [-0.05, 0) is 44.7 Å². The summed E-state index contributed by atoms with van der Waals surface area (Å²) in [4.78, 5) is 0.169. The lowest BCUT2D eigenvalue weighted by Crippen LogP contribution is -2.39. The van der Waals surface area contributed by atoms with E-state index in [0.29, 0.717) is 12.8 Å². The zero-order chi connectivity index (χ0) is 18.9. The van der Waals surface area contributed by atoms with Crippen LogP contribution >= 0.6 is 0 Å². The minimum Gasteiger partial charge on any atom is -0.247 e. The normalized spacial score (nSPS) is 15.4. The van der Waals surface area contributed by atoms with Crippen LogP contribution in [0.15, 0.2) is 29.2 Å². The summed E-state index contributed by atoms with van der Waals surface area (Å²) in [7, 11) is -3.62. The summed E-state index contributed by atoms with van der Waals surface area (Å²) in [5.74, 6) is 0.199. The maximum Gasteiger partial charge on any atom is 0.240 e. The van der Waals surface area contributed by atoms with E-state index in [1.54, 1.807) is 19.1 Å². The van der Waals surface area contributed by atoms with Crippen molar-refractivity contribution in [1.82, 2.24) is 4.72 Å². The van der Waals surface area contributed by atoms with E-state index < -0.39 is 28.4 Å². The van der Waals surface area contributed by atoms with Gasteiger partial charge in [0.25, 0.3) is 0 Å². The van der Waals surface area contributed by atoms with Crippen LogP contribution in [0.1, 0.15) is 53.0 Å². The van der Waals surface area contributed by atoms with Crippen LogP contribution < -0.4 is 4.72 Å². The molecule has 140 valence electrons. The second-order valence-electron chi connectivity index (χ2n) is 6.29. The maximum absolute atomic E-state index is 13.1. The zero-order valence-electron chi connectivity index (χ0n) is 15.5. The first-order valence-corrected chi connectivity index (χ1v) is 9.90. The first-order valence-electron chi connectivity index (χ1n) is 8.42. The van der Waals surface area contributed by atoms with Gasteiger partial charge in [-0.1, -0.05) is 45.4 Å². The average Bonchev–Trinajstić information content (AvgIpc) is 2.52. The molecule has 3 unspecified atom stereocenters. The number of aryl methyl sites for hydroxylation is 1. The molecular formula is C18H31F2NO2S. The number of halogens is 2. The molecule has 0 bridgehead atoms. The molecule has 0 heterocycles. The molecule has 1 rings (SSSR count). The average molecular weight is 364 g/mol. The first-order chi connectivity index (χ1) is 11.0. The van der Waals surface area contributed by atoms with Crippen LogP contribution in [0.2, 0.25) is 0 Å². The van der Waals surface area contributed by atoms with E-state index in [4.69, 9.17) is 0 Å². The summed E-state index contributed by atoms with van der Waals surface area (Å²) < 4.78 is 51.7. The molecule has 0 saturated carbocycles. The van der Waals surface area contributed by atoms with Gasteiger partial charge in [-0.3, -0.25) is 0 Å². The highest BCUT2D eigenvalue weighted by molar-refractivity contribution is 7.89. The highest BCUT2D eigenvalue weighted by Crippen LogP contribution is 2.13. The number of benzene rings is 1. The largest absolute Gasteiger partial charge is 0.247 e. The van der Waals surface area contributed by atoms with Crippen LogP contribution in [-0.2, 0) is 10.0 Å². The van der Waals surface area contributed by atoms with Crippen LogP contribution in [0.25, 0.3) is 0 Å². The van der Waals surface area contributed by atoms with Crippen molar-refractivity contribution in [1.29, 1.82) is 0 Å². The summed E-state index contributed by atoms with van der Waals surface area (Å²) in [6.07, 6.45) is -0.735. The summed E-state index contributed by atoms with van der Waals surface area (Å²) >= 11 is 0. The fourth-order valence-corrected chi connectivity index (χ4v) is 3.34. The fraction of sp³-hybridized carbons (Fsp3) is 0.667. The minimum absolute atomic E-state index is 0.169. The van der Waals surface area contributed by atoms with Gasteiger partial charge in [0.05, 0.1) is 10.9 Å². The first kappa shape index (κ1) is 23.0. The lowest BCUT2D eigenvalue weighted by Gasteiger charge is -2.18. The number of alkyl halides is 2. The Hall–Kier alpha value is -1.01. The van der Waals surface area contributed by atoms with Gasteiger partial charge in [0.2, 0.25) is 10.0 Å². The molecule has 0 fully saturated rings. The van der Waals surface area contributed by atoms with E-state index in [2.05, 4.69) is 4.72 Å². The van der Waals surface area contributed by atoms with Crippen molar-refractivity contribution in [2.24, 2.45) is 5.92 Å². The fourth-order valence-electron chi connectivity index (χ4n) is 1.96. The summed E-state index contributed by atoms with van der Waals surface area (Å²) in [5.41, 5.74) is 0.981. The van der Waals surface area contributed by atoms with Gasteiger partial charge in [0.15, 0.2) is 0 Å². The Balaban J connectivity index is 0.000000640. The van der Waals surface area contributed by atoms with E-state index in [1.165, 1.54) is 19.1 Å². The topological polar surface area (TPSA) is 46.2 Å². The highest BCUT2D eigenvalue weighted by atomic mass is 32.2. The SMILES string of the molecule is CCC(F)C(C)C.CCC(NS(=O)(=O)c1ccc(C)cc1)C(C)F. The summed E-state index contributed by atoms with van der Waals surface area (Å²) in [5, 5.41) is 0. The predicted octanol–water partition coefficient (Wildman–Crippen LogP) is 4.80. The summed E-state index contributed by atoms with van der Waals surface area (Å²) in [6, 6.07) is 5.80. The maximum atomic E-state index is 13.1. The Labute approximate surface area is 145 Å². The van der Waals surface area contributed by atoms with E-state index in [0.717, 1.165) is 5.56 Å². The van der Waals surface area contributed by atoms with Crippen molar-refractivity contribution in [3.05, 3.63) is 29.8 Å². The second kappa shape index (κ2) is 10.8. The molecule has 1 aromatic carbocycles. The highest BCUT2D eigenvalue weighted by Gasteiger charge is 2.22. The third-order valence-corrected chi connectivity index (χ3v) is 5.25. The van der Waals surface area contributed by atoms with Crippen molar-refractivity contribution in [2.75, 3.05) is 0 Å². The summed E-state index contributed by atoms with van der Waals surface area (Å²) in [6.45, 7) is 10.6. The smallest absolute Gasteiger partial charge is 0.240 e. The lowest BCUT2D eigenvalue weighted by molar-refractivity contribution is 0.248. The quantitative estimate of drug-likeness (QED) is 0.756. The van der Waals surface area contributed by atoms with Gasteiger partial charge < -0.3 is 0 Å². The monoisotopic (exact) mass is 363 g/mol. The lowest BCUT2D eigenvalue weighted by atomic mass is 10.1. The van der Waals surface area contributed by atoms with Gasteiger partial charge in [-0.2, -0.15) is 0 Å². The van der Waals surface area contributed by atoms with Crippen LogP contribution in [0.3, 0.4) is 0 Å². The molecule has 24 heavy (non-hydrogen) atoms. The van der Waals surface area contributed by atoms with Gasteiger partial charge in [0.1, 0.15) is 12.3 Å². The molecule has 0 radical (unpaired) electrons. The van der Waals surface area contributed by atoms with Crippen molar-refractivity contribution in [2.45, 2.75) is 77.7 Å². The van der Waals surface area contributed by atoms with Crippen LogP contribution in [0, 0.1) is 12.8 Å². The minimum atomic E-state index is -3.62. The van der Waals surface area contributed by atoms with Crippen LogP contribution in [0.4, 0.5) is 8.78 Å². The number of hydrogen-bond donors (Lipinski definition) is 1. The van der Waals surface area contributed by atoms with Crippen LogP contribution in [-0.4, -0.2) is 26.8 Å². The standard InChI is InChI=1S/C12H18FNO2S.C6H13F/c1-4-12(10(3)13)14-17(15,16)11-7-5-9(2)6-8-11;1-4-6(7)5(2)3/h5-8,10,12,14H,4H2,1-3H3;5-6H,4H2,1-3H3. The number of hydrogen-bond acceptors (Lipinski definition) is 2. The molecule has 0 amide bonds. The molecule has 0 saturated heterocycles. The molecule has 1 N–H and O–H groups in total. The van der Waals surface area contributed by atoms with E-state index in [1.807, 2.05) is 27.7 Å². The van der Waals surface area contributed by atoms with Gasteiger partial charge in [0, 0.05) is 0 Å². The number of sulfonamides is 1. The molecule has 3 nitrogen and oxygen atoms in total. The third kappa shape index (κ3) is 8.20. The number of rotatable bonds is 7. The molecule has 1 aromatic rings. The Morgan fingerprint density at radius 2 is 1.50 bits per heavy atom. The molecule has 0 aliphatic rings. The van der Waals surface area contributed by atoms with Gasteiger partial charge in [-0.15, -0.1) is 0 Å². The number of nitrogens with one attached hydrogen (secondary N) is 1. The molecule has 0 aliphatic heterocycles. The molecule has 0 spiro atoms. The Bertz CT molecular complexity index is 557. The molecule has 0 aliphatic carbocycles. The van der Waals surface area contributed by atoms with Gasteiger partial charge >= 0.3 is 0 Å². The molecule has 0 aromatic heterocycles. The van der Waals surface area contributed by atoms with Crippen molar-refractivity contribution >= 4 is 10.0 Å². The van der Waals surface area contributed by atoms with Gasteiger partial charge in [-0.25, -0.2) is 21.9 Å². The molecule has 3 atom stereocenters. The second-order valence-corrected chi connectivity index (χ2v) is 8.01. The van der Waals surface area contributed by atoms with Crippen molar-refractivity contribution < 1.29 is 17.2 Å². The van der Waals surface area contributed by atoms with E-state index >= 15 is 0 Å².